The van der Waals surface area contributed by atoms with Crippen molar-refractivity contribution in [3.8, 4) is 5.75 Å². The highest BCUT2D eigenvalue weighted by atomic mass is 16.5. The average Bonchev–Trinajstić information content (AvgIpc) is 2.64. The van der Waals surface area contributed by atoms with Crippen molar-refractivity contribution in [3.63, 3.8) is 0 Å². The first-order valence-corrected chi connectivity index (χ1v) is 8.35. The minimum atomic E-state index is -0.109. The number of carbonyl (C=O) groups is 1. The molecule has 2 aromatic carbocycles. The molecular formula is C21H21N3O2. The summed E-state index contributed by atoms with van der Waals surface area (Å²) in [5.74, 6) is 1.19. The number of hydrogen-bond donors (Lipinski definition) is 2. The lowest BCUT2D eigenvalue weighted by Crippen LogP contribution is -2.15. The summed E-state index contributed by atoms with van der Waals surface area (Å²) in [6.07, 6.45) is 1.99. The van der Waals surface area contributed by atoms with Crippen LogP contribution in [0.4, 0.5) is 17.2 Å². The maximum atomic E-state index is 12.2. The highest BCUT2D eigenvalue weighted by Crippen LogP contribution is 2.18. The second-order valence-corrected chi connectivity index (χ2v) is 6.00. The number of ether oxygens (including phenoxy) is 1. The Morgan fingerprint density at radius 1 is 1.04 bits per heavy atom. The summed E-state index contributed by atoms with van der Waals surface area (Å²) in [4.78, 5) is 16.4. The molecule has 1 heterocycles. The zero-order valence-corrected chi connectivity index (χ0v) is 14.8. The molecule has 0 bridgehead atoms. The summed E-state index contributed by atoms with van der Waals surface area (Å²) in [7, 11) is 1.62. The number of hydrogen-bond acceptors (Lipinski definition) is 4. The molecule has 0 aliphatic heterocycles. The van der Waals surface area contributed by atoms with Crippen LogP contribution >= 0.6 is 0 Å². The molecule has 0 aliphatic rings. The molecule has 2 N–H and O–H groups in total. The second-order valence-electron chi connectivity index (χ2n) is 6.00. The third-order valence-electron chi connectivity index (χ3n) is 3.86. The number of carbonyl (C=O) groups excluding carboxylic acids is 1. The maximum absolute atomic E-state index is 12.2. The Labute approximate surface area is 153 Å². The van der Waals surface area contributed by atoms with E-state index in [-0.39, 0.29) is 12.3 Å². The lowest BCUT2D eigenvalue weighted by atomic mass is 10.1. The van der Waals surface area contributed by atoms with Gasteiger partial charge in [0.15, 0.2) is 0 Å². The van der Waals surface area contributed by atoms with E-state index >= 15 is 0 Å². The summed E-state index contributed by atoms with van der Waals surface area (Å²) in [6.45, 7) is 2.05. The van der Waals surface area contributed by atoms with Crippen LogP contribution in [0, 0.1) is 6.92 Å². The predicted molar refractivity (Wildman–Crippen MR) is 104 cm³/mol. The van der Waals surface area contributed by atoms with Crippen LogP contribution in [0.3, 0.4) is 0 Å². The van der Waals surface area contributed by atoms with Crippen LogP contribution in [-0.2, 0) is 11.2 Å². The fourth-order valence-electron chi connectivity index (χ4n) is 2.55. The fourth-order valence-corrected chi connectivity index (χ4v) is 2.55. The Kier molecular flexibility index (Phi) is 5.49. The van der Waals surface area contributed by atoms with E-state index in [1.807, 2.05) is 55.5 Å². The first kappa shape index (κ1) is 17.5. The van der Waals surface area contributed by atoms with Crippen molar-refractivity contribution in [3.05, 3.63) is 78.0 Å². The predicted octanol–water partition coefficient (Wildman–Crippen LogP) is 4.32. The number of pyridine rings is 1. The third-order valence-corrected chi connectivity index (χ3v) is 3.86. The highest BCUT2D eigenvalue weighted by molar-refractivity contribution is 5.91. The molecular weight excluding hydrogens is 326 g/mol. The molecule has 0 unspecified atom stereocenters. The molecule has 1 aromatic heterocycles. The monoisotopic (exact) mass is 347 g/mol. The van der Waals surface area contributed by atoms with E-state index in [2.05, 4.69) is 21.7 Å². The standard InChI is InChI=1S/C21H21N3O2/c1-15-4-3-5-17(12-15)23-18-8-11-20(22-14-18)24-21(25)13-16-6-9-19(26-2)10-7-16/h3-12,14,23H,13H2,1-2H3,(H,22,24,25). The van der Waals surface area contributed by atoms with Crippen molar-refractivity contribution in [2.24, 2.45) is 0 Å². The molecule has 0 spiro atoms. The highest BCUT2D eigenvalue weighted by Gasteiger charge is 2.06. The van der Waals surface area contributed by atoms with Crippen molar-refractivity contribution in [1.82, 2.24) is 4.98 Å². The summed E-state index contributed by atoms with van der Waals surface area (Å²) in [5, 5.41) is 6.10. The molecule has 132 valence electrons. The van der Waals surface area contributed by atoms with Crippen molar-refractivity contribution in [1.29, 1.82) is 0 Å². The Balaban J connectivity index is 1.57. The number of nitrogens with zero attached hydrogens (tertiary/aromatic N) is 1. The van der Waals surface area contributed by atoms with Gasteiger partial charge in [0.1, 0.15) is 11.6 Å². The molecule has 3 rings (SSSR count). The fraction of sp³-hybridized carbons (Fsp3) is 0.143. The number of nitrogens with one attached hydrogen (secondary N) is 2. The van der Waals surface area contributed by atoms with Crippen molar-refractivity contribution in [2.75, 3.05) is 17.7 Å². The van der Waals surface area contributed by atoms with Crippen LogP contribution in [-0.4, -0.2) is 18.0 Å². The van der Waals surface area contributed by atoms with Crippen LogP contribution < -0.4 is 15.4 Å². The van der Waals surface area contributed by atoms with Crippen LogP contribution in [0.1, 0.15) is 11.1 Å². The van der Waals surface area contributed by atoms with E-state index in [0.717, 1.165) is 22.7 Å². The quantitative estimate of drug-likeness (QED) is 0.697. The third kappa shape index (κ3) is 4.83. The minimum Gasteiger partial charge on any atom is -0.497 e. The van der Waals surface area contributed by atoms with E-state index < -0.39 is 0 Å². The molecule has 0 saturated heterocycles. The van der Waals surface area contributed by atoms with Gasteiger partial charge in [0.05, 0.1) is 25.4 Å². The van der Waals surface area contributed by atoms with Crippen molar-refractivity contribution in [2.45, 2.75) is 13.3 Å². The molecule has 5 nitrogen and oxygen atoms in total. The van der Waals surface area contributed by atoms with Gasteiger partial charge in [-0.3, -0.25) is 4.79 Å². The number of aryl methyl sites for hydroxylation is 1. The van der Waals surface area contributed by atoms with E-state index in [1.54, 1.807) is 19.4 Å². The molecule has 1 amide bonds. The van der Waals surface area contributed by atoms with Crippen molar-refractivity contribution < 1.29 is 9.53 Å². The zero-order valence-electron chi connectivity index (χ0n) is 14.8. The molecule has 26 heavy (non-hydrogen) atoms. The molecule has 5 heteroatoms. The molecule has 0 fully saturated rings. The van der Waals surface area contributed by atoms with Gasteiger partial charge in [0.25, 0.3) is 0 Å². The summed E-state index contributed by atoms with van der Waals surface area (Å²) < 4.78 is 5.11. The van der Waals surface area contributed by atoms with Gasteiger partial charge >= 0.3 is 0 Å². The van der Waals surface area contributed by atoms with Gasteiger partial charge in [-0.15, -0.1) is 0 Å². The SMILES string of the molecule is COc1ccc(CC(=O)Nc2ccc(Nc3cccc(C)c3)cn2)cc1. The number of benzene rings is 2. The number of anilines is 3. The van der Waals surface area contributed by atoms with Gasteiger partial charge in [-0.2, -0.15) is 0 Å². The molecule has 3 aromatic rings. The first-order chi connectivity index (χ1) is 12.6. The zero-order chi connectivity index (χ0) is 18.4. The lowest BCUT2D eigenvalue weighted by molar-refractivity contribution is -0.115. The normalized spacial score (nSPS) is 10.2. The number of rotatable bonds is 6. The Morgan fingerprint density at radius 2 is 1.85 bits per heavy atom. The molecule has 0 aliphatic carbocycles. The van der Waals surface area contributed by atoms with Crippen LogP contribution in [0.5, 0.6) is 5.75 Å². The van der Waals surface area contributed by atoms with Crippen molar-refractivity contribution >= 4 is 23.1 Å². The summed E-state index contributed by atoms with van der Waals surface area (Å²) in [6, 6.07) is 19.2. The minimum absolute atomic E-state index is 0.109. The Morgan fingerprint density at radius 3 is 2.50 bits per heavy atom. The number of amides is 1. The van der Waals surface area contributed by atoms with E-state index in [0.29, 0.717) is 5.82 Å². The topological polar surface area (TPSA) is 63.2 Å². The van der Waals surface area contributed by atoms with Gasteiger partial charge < -0.3 is 15.4 Å². The van der Waals surface area contributed by atoms with E-state index in [9.17, 15) is 4.79 Å². The first-order valence-electron chi connectivity index (χ1n) is 8.35. The molecule has 0 saturated carbocycles. The van der Waals surface area contributed by atoms with Crippen LogP contribution in [0.15, 0.2) is 66.9 Å². The van der Waals surface area contributed by atoms with Gasteiger partial charge in [-0.1, -0.05) is 24.3 Å². The Bertz CT molecular complexity index is 875. The average molecular weight is 347 g/mol. The van der Waals surface area contributed by atoms with E-state index in [4.69, 9.17) is 4.74 Å². The van der Waals surface area contributed by atoms with Gasteiger partial charge in [-0.25, -0.2) is 4.98 Å². The second kappa shape index (κ2) is 8.16. The molecule has 0 atom stereocenters. The number of methoxy groups -OCH3 is 1. The summed E-state index contributed by atoms with van der Waals surface area (Å²) in [5.41, 5.74) is 3.97. The number of aromatic nitrogens is 1. The van der Waals surface area contributed by atoms with Gasteiger partial charge in [0, 0.05) is 5.69 Å². The largest absolute Gasteiger partial charge is 0.497 e. The van der Waals surface area contributed by atoms with E-state index in [1.165, 1.54) is 5.56 Å². The van der Waals surface area contributed by atoms with Crippen LogP contribution in [0.2, 0.25) is 0 Å². The van der Waals surface area contributed by atoms with Gasteiger partial charge in [-0.05, 0) is 54.4 Å². The maximum Gasteiger partial charge on any atom is 0.229 e. The Hall–Kier alpha value is -3.34. The van der Waals surface area contributed by atoms with Crippen LogP contribution in [0.25, 0.3) is 0 Å². The van der Waals surface area contributed by atoms with Gasteiger partial charge in [0.2, 0.25) is 5.91 Å². The molecule has 0 radical (unpaired) electrons. The summed E-state index contributed by atoms with van der Waals surface area (Å²) >= 11 is 0. The lowest BCUT2D eigenvalue weighted by Gasteiger charge is -2.09. The smallest absolute Gasteiger partial charge is 0.229 e.